The van der Waals surface area contributed by atoms with Gasteiger partial charge < -0.3 is 29.9 Å². The zero-order chi connectivity index (χ0) is 26.4. The summed E-state index contributed by atoms with van der Waals surface area (Å²) in [5.74, 6) is -0.662. The molecule has 0 saturated heterocycles. The van der Waals surface area contributed by atoms with Crippen LogP contribution in [0.15, 0.2) is 42.5 Å². The summed E-state index contributed by atoms with van der Waals surface area (Å²) >= 11 is 0. The Kier molecular flexibility index (Phi) is 8.87. The van der Waals surface area contributed by atoms with Crippen molar-refractivity contribution in [1.82, 2.24) is 9.80 Å². The fourth-order valence-electron chi connectivity index (χ4n) is 4.14. The summed E-state index contributed by atoms with van der Waals surface area (Å²) in [5, 5.41) is 5.08. The molecule has 194 valence electrons. The number of para-hydroxylation sites is 1. The number of amides is 4. The van der Waals surface area contributed by atoms with Gasteiger partial charge in [-0.3, -0.25) is 9.59 Å². The molecule has 0 unspecified atom stereocenters. The first-order valence-electron chi connectivity index (χ1n) is 11.8. The fraction of sp³-hybridized carbons (Fsp3) is 0.423. The molecule has 3 rings (SSSR count). The Morgan fingerprint density at radius 2 is 1.83 bits per heavy atom. The van der Waals surface area contributed by atoms with Crippen LogP contribution < -0.4 is 15.4 Å². The van der Waals surface area contributed by atoms with Crippen LogP contribution in [0.4, 0.5) is 20.6 Å². The van der Waals surface area contributed by atoms with Crippen LogP contribution in [0.1, 0.15) is 31.1 Å². The number of methoxy groups -OCH3 is 1. The van der Waals surface area contributed by atoms with Crippen LogP contribution >= 0.6 is 0 Å². The summed E-state index contributed by atoms with van der Waals surface area (Å²) in [6.07, 6.45) is -0.301. The number of hydrogen-bond donors (Lipinski definition) is 2. The molecule has 0 spiro atoms. The first kappa shape index (κ1) is 26.9. The summed E-state index contributed by atoms with van der Waals surface area (Å²) in [6.45, 7) is 6.32. The fourth-order valence-corrected chi connectivity index (χ4v) is 4.14. The van der Waals surface area contributed by atoms with Gasteiger partial charge in [-0.15, -0.1) is 0 Å². The Labute approximate surface area is 210 Å². The summed E-state index contributed by atoms with van der Waals surface area (Å²) in [5.41, 5.74) is 0.602. The average Bonchev–Trinajstić information content (AvgIpc) is 2.84. The molecule has 1 aliphatic rings. The van der Waals surface area contributed by atoms with Crippen molar-refractivity contribution in [3.63, 3.8) is 0 Å². The predicted octanol–water partition coefficient (Wildman–Crippen LogP) is 3.82. The standard InChI is InChI=1S/C26H33FN4O5/c1-16-13-31(18(3)32)17(2)15-36-23-11-10-19(12-20(23)25(33)30(4)14-24(16)35-5)28-26(34)29-22-9-7-6-8-21(22)27/h6-12,16-17,24H,13-15H2,1-5H3,(H2,28,29,34)/t16-,17-,24+/m0/s1. The van der Waals surface area contributed by atoms with Crippen LogP contribution in [-0.4, -0.2) is 73.6 Å². The smallest absolute Gasteiger partial charge is 0.323 e. The molecule has 9 nitrogen and oxygen atoms in total. The number of rotatable bonds is 3. The van der Waals surface area contributed by atoms with Crippen LogP contribution in [0.2, 0.25) is 0 Å². The van der Waals surface area contributed by atoms with Gasteiger partial charge in [0.1, 0.15) is 18.2 Å². The molecule has 0 aliphatic carbocycles. The SMILES string of the molecule is CO[C@@H]1CN(C)C(=O)c2cc(NC(=O)Nc3ccccc3F)ccc2OC[C@H](C)N(C(C)=O)C[C@@H]1C. The number of hydrogen-bond acceptors (Lipinski definition) is 5. The van der Waals surface area contributed by atoms with Gasteiger partial charge in [0.2, 0.25) is 5.91 Å². The number of fused-ring (bicyclic) bond motifs is 1. The van der Waals surface area contributed by atoms with Crippen molar-refractivity contribution >= 4 is 29.2 Å². The van der Waals surface area contributed by atoms with Crippen molar-refractivity contribution in [2.45, 2.75) is 32.9 Å². The maximum atomic E-state index is 13.9. The van der Waals surface area contributed by atoms with Crippen LogP contribution in [0.3, 0.4) is 0 Å². The summed E-state index contributed by atoms with van der Waals surface area (Å²) in [4.78, 5) is 41.4. The number of likely N-dealkylation sites (N-methyl/N-ethyl adjacent to an activating group) is 1. The molecule has 0 fully saturated rings. The molecule has 2 N–H and O–H groups in total. The lowest BCUT2D eigenvalue weighted by Crippen LogP contribution is -2.48. The lowest BCUT2D eigenvalue weighted by Gasteiger charge is -2.35. The molecule has 4 amide bonds. The zero-order valence-corrected chi connectivity index (χ0v) is 21.2. The molecule has 36 heavy (non-hydrogen) atoms. The highest BCUT2D eigenvalue weighted by atomic mass is 19.1. The summed E-state index contributed by atoms with van der Waals surface area (Å²) < 4.78 is 25.5. The van der Waals surface area contributed by atoms with E-state index in [9.17, 15) is 18.8 Å². The quantitative estimate of drug-likeness (QED) is 0.668. The van der Waals surface area contributed by atoms with Gasteiger partial charge in [-0.25, -0.2) is 9.18 Å². The van der Waals surface area contributed by atoms with Gasteiger partial charge in [-0.1, -0.05) is 19.1 Å². The summed E-state index contributed by atoms with van der Waals surface area (Å²) in [6, 6.07) is 9.61. The van der Waals surface area contributed by atoms with Crippen molar-refractivity contribution in [3.05, 3.63) is 53.8 Å². The van der Waals surface area contributed by atoms with Gasteiger partial charge in [0.05, 0.1) is 23.4 Å². The number of carbonyl (C=O) groups is 3. The largest absolute Gasteiger partial charge is 0.491 e. The second-order valence-corrected chi connectivity index (χ2v) is 9.04. The molecule has 2 aromatic rings. The number of benzene rings is 2. The second-order valence-electron chi connectivity index (χ2n) is 9.04. The highest BCUT2D eigenvalue weighted by molar-refractivity contribution is 6.02. The molecule has 1 heterocycles. The van der Waals surface area contributed by atoms with Crippen LogP contribution in [0.25, 0.3) is 0 Å². The molecular weight excluding hydrogens is 467 g/mol. The Morgan fingerprint density at radius 3 is 2.50 bits per heavy atom. The molecule has 3 atom stereocenters. The van der Waals surface area contributed by atoms with Gasteiger partial charge in [0, 0.05) is 45.8 Å². The van der Waals surface area contributed by atoms with Gasteiger partial charge in [0.15, 0.2) is 0 Å². The Hall–Kier alpha value is -3.66. The van der Waals surface area contributed by atoms with E-state index in [0.29, 0.717) is 24.5 Å². The van der Waals surface area contributed by atoms with Crippen LogP contribution in [0.5, 0.6) is 5.75 Å². The average molecular weight is 501 g/mol. The zero-order valence-electron chi connectivity index (χ0n) is 21.2. The van der Waals surface area contributed by atoms with E-state index in [1.807, 2.05) is 13.8 Å². The Morgan fingerprint density at radius 1 is 1.11 bits per heavy atom. The molecular formula is C26H33FN4O5. The minimum Gasteiger partial charge on any atom is -0.491 e. The Bertz CT molecular complexity index is 1110. The minimum atomic E-state index is -0.658. The van der Waals surface area contributed by atoms with Crippen LogP contribution in [-0.2, 0) is 9.53 Å². The van der Waals surface area contributed by atoms with E-state index >= 15 is 0 Å². The van der Waals surface area contributed by atoms with Gasteiger partial charge in [-0.05, 0) is 37.3 Å². The third-order valence-corrected chi connectivity index (χ3v) is 6.23. The first-order valence-corrected chi connectivity index (χ1v) is 11.8. The molecule has 10 heteroatoms. The van der Waals surface area contributed by atoms with E-state index in [1.165, 1.54) is 36.1 Å². The maximum absolute atomic E-state index is 13.9. The van der Waals surface area contributed by atoms with E-state index in [2.05, 4.69) is 10.6 Å². The number of carbonyl (C=O) groups excluding carboxylic acids is 3. The number of anilines is 2. The second kappa shape index (κ2) is 11.9. The first-order chi connectivity index (χ1) is 17.1. The highest BCUT2D eigenvalue weighted by Gasteiger charge is 2.29. The van der Waals surface area contributed by atoms with E-state index in [-0.39, 0.29) is 47.7 Å². The van der Waals surface area contributed by atoms with Crippen molar-refractivity contribution in [2.24, 2.45) is 5.92 Å². The summed E-state index contributed by atoms with van der Waals surface area (Å²) in [7, 11) is 3.24. The van der Waals surface area contributed by atoms with Gasteiger partial charge >= 0.3 is 6.03 Å². The number of urea groups is 1. The minimum absolute atomic E-state index is 0.0317. The lowest BCUT2D eigenvalue weighted by molar-refractivity contribution is -0.133. The van der Waals surface area contributed by atoms with Crippen molar-refractivity contribution < 1.29 is 28.2 Å². The molecule has 0 radical (unpaired) electrons. The maximum Gasteiger partial charge on any atom is 0.323 e. The number of halogens is 1. The van der Waals surface area contributed by atoms with Gasteiger partial charge in [0.25, 0.3) is 5.91 Å². The molecule has 0 saturated carbocycles. The monoisotopic (exact) mass is 500 g/mol. The third kappa shape index (κ3) is 6.51. The van der Waals surface area contributed by atoms with Crippen molar-refractivity contribution in [3.8, 4) is 5.75 Å². The lowest BCUT2D eigenvalue weighted by atomic mass is 10.0. The van der Waals surface area contributed by atoms with Crippen molar-refractivity contribution in [1.29, 1.82) is 0 Å². The molecule has 0 aromatic heterocycles. The third-order valence-electron chi connectivity index (χ3n) is 6.23. The molecule has 0 bridgehead atoms. The number of nitrogens with zero attached hydrogens (tertiary/aromatic N) is 2. The van der Waals surface area contributed by atoms with E-state index in [1.54, 1.807) is 37.3 Å². The topological polar surface area (TPSA) is 100 Å². The van der Waals surface area contributed by atoms with Crippen molar-refractivity contribution in [2.75, 3.05) is 44.5 Å². The Balaban J connectivity index is 1.89. The number of nitrogens with one attached hydrogen (secondary N) is 2. The van der Waals surface area contributed by atoms with E-state index in [4.69, 9.17) is 9.47 Å². The van der Waals surface area contributed by atoms with E-state index in [0.717, 1.165) is 0 Å². The van der Waals surface area contributed by atoms with E-state index < -0.39 is 11.8 Å². The molecule has 1 aliphatic heterocycles. The predicted molar refractivity (Wildman–Crippen MR) is 135 cm³/mol. The van der Waals surface area contributed by atoms with Gasteiger partial charge in [-0.2, -0.15) is 0 Å². The highest BCUT2D eigenvalue weighted by Crippen LogP contribution is 2.27. The normalized spacial score (nSPS) is 20.9. The van der Waals surface area contributed by atoms with Crippen LogP contribution in [0, 0.1) is 11.7 Å². The number of ether oxygens (including phenoxy) is 2. The molecule has 2 aromatic carbocycles.